The van der Waals surface area contributed by atoms with Crippen LogP contribution in [0.5, 0.6) is 5.88 Å². The molecule has 1 heterocycles. The first kappa shape index (κ1) is 19.8. The SMILES string of the molecule is CC(C)COc1ccc(-c2cccc(NS(=O)(=O)c3cccc(F)c3)c2)nn1. The predicted octanol–water partition coefficient (Wildman–Crippen LogP) is 4.12. The van der Waals surface area contributed by atoms with Gasteiger partial charge < -0.3 is 4.74 Å². The van der Waals surface area contributed by atoms with Crippen molar-refractivity contribution in [3.05, 3.63) is 66.5 Å². The number of nitrogens with one attached hydrogen (secondary N) is 1. The highest BCUT2D eigenvalue weighted by Crippen LogP contribution is 2.23. The molecule has 3 aromatic rings. The van der Waals surface area contributed by atoms with Gasteiger partial charge in [0.2, 0.25) is 5.88 Å². The second kappa shape index (κ2) is 8.35. The summed E-state index contributed by atoms with van der Waals surface area (Å²) in [5.41, 5.74) is 1.59. The minimum atomic E-state index is -3.90. The lowest BCUT2D eigenvalue weighted by Crippen LogP contribution is -2.13. The minimum absolute atomic E-state index is 0.149. The Hall–Kier alpha value is -3.00. The van der Waals surface area contributed by atoms with E-state index in [9.17, 15) is 12.8 Å². The van der Waals surface area contributed by atoms with E-state index in [2.05, 4.69) is 14.9 Å². The Morgan fingerprint density at radius 2 is 1.82 bits per heavy atom. The van der Waals surface area contributed by atoms with Crippen molar-refractivity contribution in [2.75, 3.05) is 11.3 Å². The van der Waals surface area contributed by atoms with Crippen molar-refractivity contribution in [3.63, 3.8) is 0 Å². The fraction of sp³-hybridized carbons (Fsp3) is 0.200. The molecule has 0 amide bonds. The van der Waals surface area contributed by atoms with Gasteiger partial charge in [-0.3, -0.25) is 4.72 Å². The maximum Gasteiger partial charge on any atom is 0.261 e. The fourth-order valence-corrected chi connectivity index (χ4v) is 3.47. The number of hydrogen-bond donors (Lipinski definition) is 1. The number of nitrogens with zero attached hydrogens (tertiary/aromatic N) is 2. The van der Waals surface area contributed by atoms with Crippen LogP contribution in [0.2, 0.25) is 0 Å². The lowest BCUT2D eigenvalue weighted by atomic mass is 10.1. The molecule has 1 aromatic heterocycles. The summed E-state index contributed by atoms with van der Waals surface area (Å²) in [6.45, 7) is 4.63. The molecule has 0 aliphatic rings. The van der Waals surface area contributed by atoms with Crippen LogP contribution in [0.3, 0.4) is 0 Å². The molecule has 0 radical (unpaired) electrons. The van der Waals surface area contributed by atoms with Crippen molar-refractivity contribution in [2.24, 2.45) is 5.92 Å². The molecule has 6 nitrogen and oxygen atoms in total. The minimum Gasteiger partial charge on any atom is -0.476 e. The molecule has 0 fully saturated rings. The van der Waals surface area contributed by atoms with Crippen LogP contribution >= 0.6 is 0 Å². The number of anilines is 1. The molecule has 1 N–H and O–H groups in total. The molecule has 2 aromatic carbocycles. The lowest BCUT2D eigenvalue weighted by Gasteiger charge is -2.10. The van der Waals surface area contributed by atoms with E-state index in [1.165, 1.54) is 18.2 Å². The maximum atomic E-state index is 13.3. The first-order valence-corrected chi connectivity index (χ1v) is 10.2. The maximum absolute atomic E-state index is 13.3. The summed E-state index contributed by atoms with van der Waals surface area (Å²) in [4.78, 5) is -0.149. The first-order valence-electron chi connectivity index (χ1n) is 8.69. The number of benzene rings is 2. The number of rotatable bonds is 7. The zero-order chi connectivity index (χ0) is 20.1. The van der Waals surface area contributed by atoms with Crippen LogP contribution in [0, 0.1) is 11.7 Å². The normalized spacial score (nSPS) is 11.4. The number of halogens is 1. The van der Waals surface area contributed by atoms with Gasteiger partial charge in [-0.2, -0.15) is 0 Å². The number of aromatic nitrogens is 2. The van der Waals surface area contributed by atoms with Crippen LogP contribution in [0.15, 0.2) is 65.6 Å². The quantitative estimate of drug-likeness (QED) is 0.644. The van der Waals surface area contributed by atoms with E-state index in [1.54, 1.807) is 36.4 Å². The summed E-state index contributed by atoms with van der Waals surface area (Å²) in [6, 6.07) is 15.0. The molecule has 0 unspecified atom stereocenters. The largest absolute Gasteiger partial charge is 0.476 e. The fourth-order valence-electron chi connectivity index (χ4n) is 2.39. The third kappa shape index (κ3) is 5.04. The topological polar surface area (TPSA) is 81.2 Å². The smallest absolute Gasteiger partial charge is 0.261 e. The molecule has 3 rings (SSSR count). The molecule has 146 valence electrons. The molecular weight excluding hydrogens is 381 g/mol. The van der Waals surface area contributed by atoms with Gasteiger partial charge >= 0.3 is 0 Å². The Bertz CT molecular complexity index is 1050. The molecular formula is C20H20FN3O3S. The van der Waals surface area contributed by atoms with E-state index in [0.29, 0.717) is 35.3 Å². The van der Waals surface area contributed by atoms with Gasteiger partial charge in [-0.1, -0.05) is 32.0 Å². The molecule has 0 atom stereocenters. The van der Waals surface area contributed by atoms with Crippen LogP contribution in [-0.2, 0) is 10.0 Å². The van der Waals surface area contributed by atoms with E-state index in [0.717, 1.165) is 6.07 Å². The van der Waals surface area contributed by atoms with Crippen molar-refractivity contribution >= 4 is 15.7 Å². The summed E-state index contributed by atoms with van der Waals surface area (Å²) < 4.78 is 46.2. The van der Waals surface area contributed by atoms with Crippen LogP contribution in [0.4, 0.5) is 10.1 Å². The van der Waals surface area contributed by atoms with Crippen LogP contribution in [0.25, 0.3) is 11.3 Å². The molecule has 0 spiro atoms. The molecule has 0 bridgehead atoms. The van der Waals surface area contributed by atoms with Crippen LogP contribution < -0.4 is 9.46 Å². The second-order valence-corrected chi connectivity index (χ2v) is 8.29. The van der Waals surface area contributed by atoms with Crippen molar-refractivity contribution < 1.29 is 17.5 Å². The highest BCUT2D eigenvalue weighted by molar-refractivity contribution is 7.92. The molecule has 8 heteroatoms. The lowest BCUT2D eigenvalue weighted by molar-refractivity contribution is 0.258. The van der Waals surface area contributed by atoms with Crippen molar-refractivity contribution in [3.8, 4) is 17.1 Å². The van der Waals surface area contributed by atoms with Crippen molar-refractivity contribution in [1.29, 1.82) is 0 Å². The summed E-state index contributed by atoms with van der Waals surface area (Å²) in [5.74, 6) is 0.191. The average molecular weight is 401 g/mol. The van der Waals surface area contributed by atoms with Crippen LogP contribution in [0.1, 0.15) is 13.8 Å². The van der Waals surface area contributed by atoms with Gasteiger partial charge in [-0.05, 0) is 42.3 Å². The summed E-state index contributed by atoms with van der Waals surface area (Å²) in [6.07, 6.45) is 0. The Labute approximate surface area is 163 Å². The number of sulfonamides is 1. The third-order valence-electron chi connectivity index (χ3n) is 3.72. The molecule has 28 heavy (non-hydrogen) atoms. The highest BCUT2D eigenvalue weighted by atomic mass is 32.2. The van der Waals surface area contributed by atoms with Gasteiger partial charge in [0.25, 0.3) is 10.0 Å². The van der Waals surface area contributed by atoms with Gasteiger partial charge in [-0.15, -0.1) is 10.2 Å². The Morgan fingerprint density at radius 3 is 2.50 bits per heavy atom. The first-order chi connectivity index (χ1) is 13.3. The average Bonchev–Trinajstić information content (AvgIpc) is 2.67. The van der Waals surface area contributed by atoms with Crippen LogP contribution in [-0.4, -0.2) is 25.2 Å². The van der Waals surface area contributed by atoms with Crippen molar-refractivity contribution in [1.82, 2.24) is 10.2 Å². The Kier molecular flexibility index (Phi) is 5.89. The monoisotopic (exact) mass is 401 g/mol. The van der Waals surface area contributed by atoms with E-state index < -0.39 is 15.8 Å². The third-order valence-corrected chi connectivity index (χ3v) is 5.10. The summed E-state index contributed by atoms with van der Waals surface area (Å²) >= 11 is 0. The van der Waals surface area contributed by atoms with Crippen molar-refractivity contribution in [2.45, 2.75) is 18.7 Å². The van der Waals surface area contributed by atoms with Gasteiger partial charge in [0.05, 0.1) is 17.2 Å². The highest BCUT2D eigenvalue weighted by Gasteiger charge is 2.15. The van der Waals surface area contributed by atoms with E-state index in [1.807, 2.05) is 13.8 Å². The van der Waals surface area contributed by atoms with E-state index >= 15 is 0 Å². The standard InChI is InChI=1S/C20H20FN3O3S/c1-14(2)13-27-20-10-9-19(22-23-20)15-5-3-7-17(11-15)24-28(25,26)18-8-4-6-16(21)12-18/h3-12,14,24H,13H2,1-2H3. The van der Waals surface area contributed by atoms with E-state index in [-0.39, 0.29) is 4.90 Å². The molecule has 0 aliphatic carbocycles. The summed E-state index contributed by atoms with van der Waals surface area (Å²) in [7, 11) is -3.90. The van der Waals surface area contributed by atoms with Gasteiger partial charge in [0.15, 0.2) is 0 Å². The summed E-state index contributed by atoms with van der Waals surface area (Å²) in [5, 5.41) is 8.17. The zero-order valence-electron chi connectivity index (χ0n) is 15.5. The predicted molar refractivity (Wildman–Crippen MR) is 105 cm³/mol. The van der Waals surface area contributed by atoms with Gasteiger partial charge in [0.1, 0.15) is 5.82 Å². The zero-order valence-corrected chi connectivity index (χ0v) is 16.3. The molecule has 0 aliphatic heterocycles. The van der Waals surface area contributed by atoms with E-state index in [4.69, 9.17) is 4.74 Å². The number of hydrogen-bond acceptors (Lipinski definition) is 5. The Balaban J connectivity index is 1.79. The van der Waals surface area contributed by atoms with Gasteiger partial charge in [-0.25, -0.2) is 12.8 Å². The second-order valence-electron chi connectivity index (χ2n) is 6.61. The Morgan fingerprint density at radius 1 is 1.04 bits per heavy atom. The number of ether oxygens (including phenoxy) is 1. The molecule has 0 saturated heterocycles. The molecule has 0 saturated carbocycles. The van der Waals surface area contributed by atoms with Gasteiger partial charge in [0, 0.05) is 17.3 Å².